The molecule has 0 saturated heterocycles. The van der Waals surface area contributed by atoms with Crippen LogP contribution < -0.4 is 5.32 Å². The molecular weight excluding hydrogens is 294 g/mol. The molecule has 2 N–H and O–H groups in total. The second-order valence-corrected chi connectivity index (χ2v) is 5.80. The number of H-pyrrole nitrogens is 1. The van der Waals surface area contributed by atoms with E-state index in [1.165, 1.54) is 6.42 Å². The molecule has 1 aliphatic carbocycles. The van der Waals surface area contributed by atoms with Gasteiger partial charge in [-0.2, -0.15) is 10.2 Å². The molecule has 23 heavy (non-hydrogen) atoms. The third-order valence-electron chi connectivity index (χ3n) is 4.21. The minimum absolute atomic E-state index is 0.472. The fourth-order valence-electron chi connectivity index (χ4n) is 2.67. The molecule has 0 aliphatic heterocycles. The van der Waals surface area contributed by atoms with Gasteiger partial charge in [0, 0.05) is 19.2 Å². The Balaban J connectivity index is 1.62. The molecule has 8 nitrogen and oxygen atoms in total. The lowest BCUT2D eigenvalue weighted by atomic mass is 9.85. The predicted octanol–water partition coefficient (Wildman–Crippen LogP) is 2.21. The van der Waals surface area contributed by atoms with Gasteiger partial charge in [-0.3, -0.25) is 9.78 Å². The van der Waals surface area contributed by atoms with Gasteiger partial charge in [-0.25, -0.2) is 9.97 Å². The number of nitrogens with zero attached hydrogens (tertiary/aromatic N) is 5. The summed E-state index contributed by atoms with van der Waals surface area (Å²) in [6.07, 6.45) is 9.05. The Morgan fingerprint density at radius 1 is 1.35 bits per heavy atom. The first-order valence-electron chi connectivity index (χ1n) is 7.83. The van der Waals surface area contributed by atoms with Crippen LogP contribution in [0, 0.1) is 0 Å². The largest absolute Gasteiger partial charge is 0.383 e. The number of methoxy groups -OCH3 is 1. The van der Waals surface area contributed by atoms with Gasteiger partial charge in [0.2, 0.25) is 0 Å². The quantitative estimate of drug-likeness (QED) is 0.724. The summed E-state index contributed by atoms with van der Waals surface area (Å²) in [4.78, 5) is 9.33. The summed E-state index contributed by atoms with van der Waals surface area (Å²) in [5.41, 5.74) is 2.55. The number of hydrogen-bond acceptors (Lipinski definition) is 6. The fraction of sp³-hybridized carbons (Fsp3) is 0.467. The number of ether oxygens (including phenoxy) is 1. The van der Waals surface area contributed by atoms with Crippen molar-refractivity contribution in [3.05, 3.63) is 24.4 Å². The Bertz CT molecular complexity index is 805. The molecule has 1 saturated carbocycles. The maximum absolute atomic E-state index is 5.07. The van der Waals surface area contributed by atoms with E-state index in [0.29, 0.717) is 12.5 Å². The zero-order valence-corrected chi connectivity index (χ0v) is 13.0. The van der Waals surface area contributed by atoms with Crippen LogP contribution in [-0.2, 0) is 11.3 Å². The number of fused-ring (bicyclic) bond motifs is 1. The average Bonchev–Trinajstić information content (AvgIpc) is 3.12. The highest BCUT2D eigenvalue weighted by Gasteiger charge is 2.24. The van der Waals surface area contributed by atoms with Gasteiger partial charge in [-0.05, 0) is 12.8 Å². The van der Waals surface area contributed by atoms with Crippen molar-refractivity contribution in [2.45, 2.75) is 31.7 Å². The van der Waals surface area contributed by atoms with E-state index >= 15 is 0 Å². The number of aromatic amines is 1. The molecule has 120 valence electrons. The molecule has 0 aromatic carbocycles. The van der Waals surface area contributed by atoms with Crippen LogP contribution in [0.25, 0.3) is 11.0 Å². The molecule has 0 bridgehead atoms. The molecular formula is C15H19N7O. The molecule has 0 unspecified atom stereocenters. The van der Waals surface area contributed by atoms with Crippen LogP contribution in [-0.4, -0.2) is 43.7 Å². The smallest absolute Gasteiger partial charge is 0.160 e. The van der Waals surface area contributed by atoms with Crippen LogP contribution in [0.2, 0.25) is 0 Å². The third-order valence-corrected chi connectivity index (χ3v) is 4.21. The van der Waals surface area contributed by atoms with E-state index in [2.05, 4.69) is 25.6 Å². The van der Waals surface area contributed by atoms with Gasteiger partial charge < -0.3 is 10.1 Å². The predicted molar refractivity (Wildman–Crippen MR) is 85.7 cm³/mol. The van der Waals surface area contributed by atoms with Crippen LogP contribution >= 0.6 is 0 Å². The molecule has 8 heteroatoms. The lowest BCUT2D eigenvalue weighted by Gasteiger charge is -2.24. The summed E-state index contributed by atoms with van der Waals surface area (Å²) in [5.74, 6) is 2.12. The Hall–Kier alpha value is -2.48. The van der Waals surface area contributed by atoms with Crippen LogP contribution in [0.4, 0.5) is 11.5 Å². The first-order valence-corrected chi connectivity index (χ1v) is 7.83. The zero-order chi connectivity index (χ0) is 15.6. The van der Waals surface area contributed by atoms with E-state index < -0.39 is 0 Å². The Morgan fingerprint density at radius 2 is 2.26 bits per heavy atom. The molecule has 3 heterocycles. The minimum Gasteiger partial charge on any atom is -0.383 e. The van der Waals surface area contributed by atoms with Crippen LogP contribution in [0.5, 0.6) is 0 Å². The third kappa shape index (κ3) is 2.77. The first kappa shape index (κ1) is 14.1. The molecule has 3 aromatic rings. The van der Waals surface area contributed by atoms with Crippen molar-refractivity contribution in [3.8, 4) is 0 Å². The van der Waals surface area contributed by atoms with Crippen molar-refractivity contribution in [3.63, 3.8) is 0 Å². The van der Waals surface area contributed by atoms with Gasteiger partial charge in [0.1, 0.15) is 16.9 Å². The van der Waals surface area contributed by atoms with Crippen molar-refractivity contribution < 1.29 is 4.74 Å². The number of hydrogen-bond donors (Lipinski definition) is 2. The Kier molecular flexibility index (Phi) is 3.66. The van der Waals surface area contributed by atoms with Gasteiger partial charge in [0.25, 0.3) is 0 Å². The van der Waals surface area contributed by atoms with E-state index in [9.17, 15) is 0 Å². The second-order valence-electron chi connectivity index (χ2n) is 5.80. The highest BCUT2D eigenvalue weighted by atomic mass is 16.5. The van der Waals surface area contributed by atoms with Crippen LogP contribution in [0.15, 0.2) is 18.6 Å². The summed E-state index contributed by atoms with van der Waals surface area (Å²) in [6.45, 7) is 1.35. The van der Waals surface area contributed by atoms with Gasteiger partial charge in [0.15, 0.2) is 5.82 Å². The molecule has 0 atom stereocenters. The zero-order valence-electron chi connectivity index (χ0n) is 13.0. The number of nitrogens with one attached hydrogen (secondary N) is 2. The summed E-state index contributed by atoms with van der Waals surface area (Å²) in [6, 6.07) is 0. The SMILES string of the molecule is COCCn1cc(Nc2nc(C3CCC3)nc3cn[nH]c23)cn1. The second kappa shape index (κ2) is 5.96. The van der Waals surface area contributed by atoms with Crippen LogP contribution in [0.1, 0.15) is 31.0 Å². The highest BCUT2D eigenvalue weighted by molar-refractivity contribution is 5.86. The van der Waals surface area contributed by atoms with Gasteiger partial charge in [-0.15, -0.1) is 0 Å². The molecule has 4 rings (SSSR count). The number of anilines is 2. The van der Waals surface area contributed by atoms with Gasteiger partial charge in [-0.1, -0.05) is 6.42 Å². The average molecular weight is 313 g/mol. The molecule has 1 aliphatic rings. The number of rotatable bonds is 6. The monoisotopic (exact) mass is 313 g/mol. The van der Waals surface area contributed by atoms with Gasteiger partial charge in [0.05, 0.1) is 31.2 Å². The lowest BCUT2D eigenvalue weighted by molar-refractivity contribution is 0.183. The Morgan fingerprint density at radius 3 is 3.04 bits per heavy atom. The van der Waals surface area contributed by atoms with E-state index in [0.717, 1.165) is 47.7 Å². The minimum atomic E-state index is 0.472. The summed E-state index contributed by atoms with van der Waals surface area (Å²) in [5, 5.41) is 14.7. The van der Waals surface area contributed by atoms with Gasteiger partial charge >= 0.3 is 0 Å². The van der Waals surface area contributed by atoms with E-state index in [-0.39, 0.29) is 0 Å². The molecule has 0 amide bonds. The molecule has 1 fully saturated rings. The van der Waals surface area contributed by atoms with Crippen molar-refractivity contribution in [2.75, 3.05) is 19.0 Å². The number of aromatic nitrogens is 6. The maximum Gasteiger partial charge on any atom is 0.160 e. The lowest BCUT2D eigenvalue weighted by Crippen LogP contribution is -2.13. The van der Waals surface area contributed by atoms with E-state index in [1.54, 1.807) is 19.5 Å². The molecule has 0 spiro atoms. The summed E-state index contributed by atoms with van der Waals surface area (Å²) >= 11 is 0. The standard InChI is InChI=1S/C15H19N7O/c1-23-6-5-22-9-11(7-17-22)18-15-13-12(8-16-21-13)19-14(20-15)10-3-2-4-10/h7-10H,2-6H2,1H3,(H,16,21)(H,18,19,20). The maximum atomic E-state index is 5.07. The van der Waals surface area contributed by atoms with Crippen molar-refractivity contribution in [2.24, 2.45) is 0 Å². The fourth-order valence-corrected chi connectivity index (χ4v) is 2.67. The molecule has 0 radical (unpaired) electrons. The summed E-state index contributed by atoms with van der Waals surface area (Å²) in [7, 11) is 1.68. The normalized spacial score (nSPS) is 15.0. The summed E-state index contributed by atoms with van der Waals surface area (Å²) < 4.78 is 6.90. The topological polar surface area (TPSA) is 93.5 Å². The molecule has 3 aromatic heterocycles. The Labute approximate surface area is 133 Å². The highest BCUT2D eigenvalue weighted by Crippen LogP contribution is 2.36. The van der Waals surface area contributed by atoms with E-state index in [4.69, 9.17) is 9.72 Å². The van der Waals surface area contributed by atoms with E-state index in [1.807, 2.05) is 10.9 Å². The first-order chi connectivity index (χ1) is 11.3. The van der Waals surface area contributed by atoms with Crippen molar-refractivity contribution in [1.29, 1.82) is 0 Å². The van der Waals surface area contributed by atoms with Crippen molar-refractivity contribution in [1.82, 2.24) is 29.9 Å². The van der Waals surface area contributed by atoms with Crippen LogP contribution in [0.3, 0.4) is 0 Å². The van der Waals surface area contributed by atoms with Crippen molar-refractivity contribution >= 4 is 22.5 Å².